The molecule has 0 saturated carbocycles. The maximum absolute atomic E-state index is 12.8. The first-order valence-corrected chi connectivity index (χ1v) is 7.17. The summed E-state index contributed by atoms with van der Waals surface area (Å²) in [6.07, 6.45) is 1.53. The van der Waals surface area contributed by atoms with Crippen LogP contribution in [0.4, 0.5) is 10.1 Å². The van der Waals surface area contributed by atoms with Gasteiger partial charge in [-0.2, -0.15) is 0 Å². The Hall–Kier alpha value is -2.54. The molecule has 0 radical (unpaired) electrons. The fourth-order valence-electron chi connectivity index (χ4n) is 1.85. The lowest BCUT2D eigenvalue weighted by molar-refractivity contribution is 0.102. The van der Waals surface area contributed by atoms with Crippen molar-refractivity contribution in [3.05, 3.63) is 70.7 Å². The van der Waals surface area contributed by atoms with Gasteiger partial charge >= 0.3 is 0 Å². The molecule has 5 nitrogen and oxygen atoms in total. The number of nitrogens with one attached hydrogen (secondary N) is 1. The summed E-state index contributed by atoms with van der Waals surface area (Å²) >= 11 is 3.42. The molecule has 2 aromatic carbocycles. The average molecular weight is 361 g/mol. The molecule has 0 aliphatic carbocycles. The van der Waals surface area contributed by atoms with Gasteiger partial charge in [-0.15, -0.1) is 5.10 Å². The Morgan fingerprint density at radius 2 is 1.86 bits per heavy atom. The molecule has 3 rings (SSSR count). The second-order valence-electron chi connectivity index (χ2n) is 4.46. The molecule has 22 heavy (non-hydrogen) atoms. The molecule has 1 aromatic heterocycles. The van der Waals surface area contributed by atoms with Crippen molar-refractivity contribution in [1.82, 2.24) is 15.0 Å². The summed E-state index contributed by atoms with van der Waals surface area (Å²) in [5.41, 5.74) is 1.43. The van der Waals surface area contributed by atoms with Crippen molar-refractivity contribution in [2.75, 3.05) is 5.32 Å². The first-order chi connectivity index (χ1) is 10.6. The van der Waals surface area contributed by atoms with Crippen LogP contribution >= 0.6 is 15.9 Å². The molecule has 1 N–H and O–H groups in total. The van der Waals surface area contributed by atoms with E-state index in [4.69, 9.17) is 0 Å². The summed E-state index contributed by atoms with van der Waals surface area (Å²) in [6.45, 7) is 0. The van der Waals surface area contributed by atoms with Crippen LogP contribution in [-0.4, -0.2) is 20.9 Å². The lowest BCUT2D eigenvalue weighted by atomic mass is 10.3. The minimum Gasteiger partial charge on any atom is -0.321 e. The van der Waals surface area contributed by atoms with Gasteiger partial charge in [0.05, 0.1) is 11.9 Å². The number of hydrogen-bond donors (Lipinski definition) is 1. The minimum absolute atomic E-state index is 0.167. The SMILES string of the molecule is O=C(Nc1ccc(F)cc1)c1cn(-c2ccccc2Br)nn1. The number of para-hydroxylation sites is 1. The molecule has 1 heterocycles. The van der Waals surface area contributed by atoms with Crippen LogP contribution in [0.1, 0.15) is 10.5 Å². The van der Waals surface area contributed by atoms with Gasteiger partial charge in [0, 0.05) is 10.2 Å². The van der Waals surface area contributed by atoms with E-state index in [2.05, 4.69) is 31.6 Å². The van der Waals surface area contributed by atoms with E-state index in [-0.39, 0.29) is 11.5 Å². The van der Waals surface area contributed by atoms with E-state index in [1.165, 1.54) is 35.1 Å². The first kappa shape index (κ1) is 14.4. The predicted octanol–water partition coefficient (Wildman–Crippen LogP) is 3.42. The number of carbonyl (C=O) groups excluding carboxylic acids is 1. The third kappa shape index (κ3) is 3.04. The molecular weight excluding hydrogens is 351 g/mol. The van der Waals surface area contributed by atoms with Crippen LogP contribution in [0.2, 0.25) is 0 Å². The topological polar surface area (TPSA) is 59.8 Å². The second kappa shape index (κ2) is 6.07. The van der Waals surface area contributed by atoms with E-state index in [1.807, 2.05) is 24.3 Å². The lowest BCUT2D eigenvalue weighted by Gasteiger charge is -2.03. The monoisotopic (exact) mass is 360 g/mol. The number of halogens is 2. The third-order valence-corrected chi connectivity index (χ3v) is 3.60. The number of rotatable bonds is 3. The van der Waals surface area contributed by atoms with Crippen molar-refractivity contribution in [3.63, 3.8) is 0 Å². The van der Waals surface area contributed by atoms with E-state index in [0.717, 1.165) is 10.2 Å². The highest BCUT2D eigenvalue weighted by atomic mass is 79.9. The minimum atomic E-state index is -0.412. The summed E-state index contributed by atoms with van der Waals surface area (Å²) < 4.78 is 15.2. The Balaban J connectivity index is 1.80. The molecule has 110 valence electrons. The average Bonchev–Trinajstić information content (AvgIpc) is 3.00. The highest BCUT2D eigenvalue weighted by Gasteiger charge is 2.12. The van der Waals surface area contributed by atoms with Crippen LogP contribution < -0.4 is 5.32 Å². The zero-order chi connectivity index (χ0) is 15.5. The summed E-state index contributed by atoms with van der Waals surface area (Å²) in [4.78, 5) is 12.1. The summed E-state index contributed by atoms with van der Waals surface area (Å²) in [5, 5.41) is 10.4. The largest absolute Gasteiger partial charge is 0.321 e. The van der Waals surface area contributed by atoms with Crippen LogP contribution in [0.15, 0.2) is 59.2 Å². The van der Waals surface area contributed by atoms with Gasteiger partial charge in [-0.1, -0.05) is 17.3 Å². The van der Waals surface area contributed by atoms with Crippen molar-refractivity contribution in [2.45, 2.75) is 0 Å². The summed E-state index contributed by atoms with van der Waals surface area (Å²) in [7, 11) is 0. The van der Waals surface area contributed by atoms with Crippen LogP contribution in [0.25, 0.3) is 5.69 Å². The van der Waals surface area contributed by atoms with Crippen molar-refractivity contribution in [1.29, 1.82) is 0 Å². The molecule has 3 aromatic rings. The van der Waals surface area contributed by atoms with Gasteiger partial charge in [0.2, 0.25) is 0 Å². The normalized spacial score (nSPS) is 10.5. The van der Waals surface area contributed by atoms with Crippen molar-refractivity contribution in [2.24, 2.45) is 0 Å². The van der Waals surface area contributed by atoms with Crippen LogP contribution in [-0.2, 0) is 0 Å². The number of amides is 1. The highest BCUT2D eigenvalue weighted by molar-refractivity contribution is 9.10. The first-order valence-electron chi connectivity index (χ1n) is 6.37. The van der Waals surface area contributed by atoms with Gasteiger partial charge in [0.15, 0.2) is 5.69 Å². The lowest BCUT2D eigenvalue weighted by Crippen LogP contribution is -2.12. The molecule has 0 bridgehead atoms. The van der Waals surface area contributed by atoms with Gasteiger partial charge in [0.25, 0.3) is 5.91 Å². The molecule has 0 aliphatic heterocycles. The number of hydrogen-bond acceptors (Lipinski definition) is 3. The molecule has 0 aliphatic rings. The molecule has 0 saturated heterocycles. The van der Waals surface area contributed by atoms with Gasteiger partial charge in [-0.25, -0.2) is 9.07 Å². The Kier molecular flexibility index (Phi) is 3.97. The number of aromatic nitrogens is 3. The zero-order valence-corrected chi connectivity index (χ0v) is 12.8. The predicted molar refractivity (Wildman–Crippen MR) is 83.4 cm³/mol. The Morgan fingerprint density at radius 3 is 2.59 bits per heavy atom. The van der Waals surface area contributed by atoms with E-state index < -0.39 is 5.91 Å². The Morgan fingerprint density at radius 1 is 1.14 bits per heavy atom. The zero-order valence-electron chi connectivity index (χ0n) is 11.2. The smallest absolute Gasteiger partial charge is 0.277 e. The highest BCUT2D eigenvalue weighted by Crippen LogP contribution is 2.19. The van der Waals surface area contributed by atoms with Crippen molar-refractivity contribution >= 4 is 27.5 Å². The van der Waals surface area contributed by atoms with Crippen molar-refractivity contribution < 1.29 is 9.18 Å². The number of anilines is 1. The number of nitrogens with zero attached hydrogens (tertiary/aromatic N) is 3. The summed E-state index contributed by atoms with van der Waals surface area (Å²) in [6, 6.07) is 13.0. The standard InChI is InChI=1S/C15H10BrFN4O/c16-12-3-1-2-4-14(12)21-9-13(19-20-21)15(22)18-11-7-5-10(17)6-8-11/h1-9H,(H,18,22). The quantitative estimate of drug-likeness (QED) is 0.778. The van der Waals surface area contributed by atoms with Crippen LogP contribution in [0, 0.1) is 5.82 Å². The number of benzene rings is 2. The van der Waals surface area contributed by atoms with E-state index in [0.29, 0.717) is 5.69 Å². The van der Waals surface area contributed by atoms with Gasteiger partial charge in [-0.05, 0) is 52.3 Å². The molecule has 0 fully saturated rings. The second-order valence-corrected chi connectivity index (χ2v) is 5.32. The summed E-state index contributed by atoms with van der Waals surface area (Å²) in [5.74, 6) is -0.775. The van der Waals surface area contributed by atoms with E-state index in [9.17, 15) is 9.18 Å². The van der Waals surface area contributed by atoms with Gasteiger partial charge in [0.1, 0.15) is 5.82 Å². The number of carbonyl (C=O) groups is 1. The molecule has 7 heteroatoms. The fraction of sp³-hybridized carbons (Fsp3) is 0. The molecule has 1 amide bonds. The van der Waals surface area contributed by atoms with Crippen molar-refractivity contribution in [3.8, 4) is 5.69 Å². The maximum Gasteiger partial charge on any atom is 0.277 e. The third-order valence-electron chi connectivity index (χ3n) is 2.93. The molecule has 0 atom stereocenters. The fourth-order valence-corrected chi connectivity index (χ4v) is 2.32. The Labute approximate surface area is 133 Å². The van der Waals surface area contributed by atoms with E-state index in [1.54, 1.807) is 0 Å². The van der Waals surface area contributed by atoms with Gasteiger partial charge in [-0.3, -0.25) is 4.79 Å². The molecule has 0 unspecified atom stereocenters. The van der Waals surface area contributed by atoms with E-state index >= 15 is 0 Å². The molecular formula is C15H10BrFN4O. The van der Waals surface area contributed by atoms with Gasteiger partial charge < -0.3 is 5.32 Å². The van der Waals surface area contributed by atoms with Crippen LogP contribution in [0.3, 0.4) is 0 Å². The Bertz CT molecular complexity index is 816. The molecule has 0 spiro atoms. The van der Waals surface area contributed by atoms with Crippen LogP contribution in [0.5, 0.6) is 0 Å². The maximum atomic E-state index is 12.8.